The van der Waals surface area contributed by atoms with Crippen molar-refractivity contribution >= 4 is 29.4 Å². The van der Waals surface area contributed by atoms with E-state index in [0.29, 0.717) is 5.56 Å². The first kappa shape index (κ1) is 24.8. The first-order valence-corrected chi connectivity index (χ1v) is 11.1. The number of imide groups is 1. The number of pyridine rings is 1. The number of hydrogen-bond acceptors (Lipinski definition) is 6. The van der Waals surface area contributed by atoms with E-state index in [0.717, 1.165) is 0 Å². The normalized spacial score (nSPS) is 19.3. The maximum Gasteiger partial charge on any atom is 0.270 e. The van der Waals surface area contributed by atoms with Crippen LogP contribution in [0.4, 0.5) is 0 Å². The van der Waals surface area contributed by atoms with Gasteiger partial charge in [0.2, 0.25) is 17.7 Å². The number of amides is 4. The fourth-order valence-electron chi connectivity index (χ4n) is 3.91. The first-order valence-electron chi connectivity index (χ1n) is 11.1. The van der Waals surface area contributed by atoms with Gasteiger partial charge in [-0.15, -0.1) is 0 Å². The Morgan fingerprint density at radius 2 is 1.65 bits per heavy atom. The molecule has 0 unspecified atom stereocenters. The van der Waals surface area contributed by atoms with E-state index in [4.69, 9.17) is 0 Å². The number of Topliss-reactive ketones (excluding diaryl/α,β-unsaturated/α-hetero) is 1. The van der Waals surface area contributed by atoms with Crippen LogP contribution in [0.5, 0.6) is 0 Å². The second-order valence-electron chi connectivity index (χ2n) is 8.67. The Hall–Kier alpha value is -3.88. The molecule has 178 valence electrons. The summed E-state index contributed by atoms with van der Waals surface area (Å²) < 4.78 is 0. The summed E-state index contributed by atoms with van der Waals surface area (Å²) in [5, 5.41) is 7.72. The summed E-state index contributed by atoms with van der Waals surface area (Å²) in [6.45, 7) is 5.01. The van der Waals surface area contributed by atoms with Crippen LogP contribution < -0.4 is 16.0 Å². The van der Waals surface area contributed by atoms with Crippen molar-refractivity contribution < 1.29 is 24.0 Å². The predicted octanol–water partition coefficient (Wildman–Crippen LogP) is 1.56. The standard InChI is InChI=1S/C25H28N4O5/c1-14(2)21(22(31)20-15(3)23(32)29-25(20)34)28-19(30)13-18(16-9-5-4-6-10-16)27-24(33)17-11-7-8-12-26-17/h4-12,14-15,18,20-21H,13H2,1-3H3,(H,27,33)(H,28,30)(H,29,32,34)/t15-,18-,20+,21-/m0/s1. The van der Waals surface area contributed by atoms with E-state index in [-0.39, 0.29) is 18.0 Å². The van der Waals surface area contributed by atoms with Crippen LogP contribution >= 0.6 is 0 Å². The number of nitrogens with one attached hydrogen (secondary N) is 3. The molecule has 0 saturated carbocycles. The lowest BCUT2D eigenvalue weighted by Gasteiger charge is -2.26. The molecule has 2 heterocycles. The average Bonchev–Trinajstić information content (AvgIpc) is 3.08. The van der Waals surface area contributed by atoms with E-state index in [1.54, 1.807) is 56.3 Å². The van der Waals surface area contributed by atoms with Crippen molar-refractivity contribution in [2.75, 3.05) is 0 Å². The molecule has 3 rings (SSSR count). The molecule has 1 aromatic heterocycles. The van der Waals surface area contributed by atoms with Gasteiger partial charge in [0.05, 0.1) is 24.4 Å². The number of hydrogen-bond donors (Lipinski definition) is 3. The molecule has 4 atom stereocenters. The summed E-state index contributed by atoms with van der Waals surface area (Å²) in [5.41, 5.74) is 0.925. The molecule has 1 fully saturated rings. The lowest BCUT2D eigenvalue weighted by atomic mass is 9.85. The van der Waals surface area contributed by atoms with Gasteiger partial charge in [0.1, 0.15) is 11.6 Å². The molecular formula is C25H28N4O5. The molecule has 9 nitrogen and oxygen atoms in total. The second kappa shape index (κ2) is 10.8. The summed E-state index contributed by atoms with van der Waals surface area (Å²) >= 11 is 0. The Kier molecular flexibility index (Phi) is 7.88. The number of nitrogens with zero attached hydrogens (tertiary/aromatic N) is 1. The molecule has 1 aliphatic heterocycles. The van der Waals surface area contributed by atoms with E-state index < -0.39 is 53.3 Å². The minimum atomic E-state index is -1.14. The maximum absolute atomic E-state index is 13.1. The number of aromatic nitrogens is 1. The van der Waals surface area contributed by atoms with Crippen LogP contribution in [0.2, 0.25) is 0 Å². The Labute approximate surface area is 197 Å². The molecule has 2 aromatic rings. The van der Waals surface area contributed by atoms with Crippen molar-refractivity contribution in [3.8, 4) is 0 Å². The monoisotopic (exact) mass is 464 g/mol. The number of rotatable bonds is 9. The summed E-state index contributed by atoms with van der Waals surface area (Å²) in [6.07, 6.45) is 1.37. The summed E-state index contributed by atoms with van der Waals surface area (Å²) in [6, 6.07) is 12.3. The van der Waals surface area contributed by atoms with Crippen molar-refractivity contribution in [1.82, 2.24) is 20.9 Å². The van der Waals surface area contributed by atoms with Crippen molar-refractivity contribution in [1.29, 1.82) is 0 Å². The molecule has 0 bridgehead atoms. The van der Waals surface area contributed by atoms with Crippen LogP contribution in [0.1, 0.15) is 49.3 Å². The van der Waals surface area contributed by atoms with Gasteiger partial charge in [0.25, 0.3) is 5.91 Å². The van der Waals surface area contributed by atoms with Crippen LogP contribution in [-0.4, -0.2) is 40.4 Å². The average molecular weight is 465 g/mol. The van der Waals surface area contributed by atoms with Crippen molar-refractivity contribution in [3.05, 3.63) is 66.0 Å². The lowest BCUT2D eigenvalue weighted by molar-refractivity contribution is -0.137. The Bertz CT molecular complexity index is 1070. The predicted molar refractivity (Wildman–Crippen MR) is 123 cm³/mol. The van der Waals surface area contributed by atoms with Crippen molar-refractivity contribution in [3.63, 3.8) is 0 Å². The highest BCUT2D eigenvalue weighted by atomic mass is 16.2. The van der Waals surface area contributed by atoms with Gasteiger partial charge in [0, 0.05) is 6.20 Å². The fourth-order valence-corrected chi connectivity index (χ4v) is 3.91. The third kappa shape index (κ3) is 5.72. The molecule has 3 N–H and O–H groups in total. The summed E-state index contributed by atoms with van der Waals surface area (Å²) in [4.78, 5) is 66.8. The van der Waals surface area contributed by atoms with Gasteiger partial charge in [-0.25, -0.2) is 0 Å². The smallest absolute Gasteiger partial charge is 0.270 e. The quantitative estimate of drug-likeness (QED) is 0.381. The molecule has 0 spiro atoms. The largest absolute Gasteiger partial charge is 0.346 e. The molecule has 34 heavy (non-hydrogen) atoms. The third-order valence-electron chi connectivity index (χ3n) is 5.83. The van der Waals surface area contributed by atoms with Crippen LogP contribution in [0.3, 0.4) is 0 Å². The van der Waals surface area contributed by atoms with E-state index in [1.165, 1.54) is 13.1 Å². The van der Waals surface area contributed by atoms with Gasteiger partial charge in [-0.3, -0.25) is 34.3 Å². The zero-order chi connectivity index (χ0) is 24.8. The Morgan fingerprint density at radius 1 is 0.971 bits per heavy atom. The molecule has 1 aliphatic rings. The SMILES string of the molecule is CC(C)[C@H](NC(=O)C[C@H](NC(=O)c1ccccn1)c1ccccc1)C(=O)[C@@H]1C(=O)NC(=O)[C@H]1C. The van der Waals surface area contributed by atoms with Gasteiger partial charge >= 0.3 is 0 Å². The van der Waals surface area contributed by atoms with E-state index >= 15 is 0 Å². The molecular weight excluding hydrogens is 436 g/mol. The van der Waals surface area contributed by atoms with E-state index in [2.05, 4.69) is 20.9 Å². The molecule has 9 heteroatoms. The highest BCUT2D eigenvalue weighted by molar-refractivity contribution is 6.16. The maximum atomic E-state index is 13.1. The zero-order valence-electron chi connectivity index (χ0n) is 19.3. The molecule has 0 aliphatic carbocycles. The molecule has 0 radical (unpaired) electrons. The van der Waals surface area contributed by atoms with Crippen LogP contribution in [0.25, 0.3) is 0 Å². The first-order chi connectivity index (χ1) is 16.2. The van der Waals surface area contributed by atoms with Crippen LogP contribution in [-0.2, 0) is 19.2 Å². The van der Waals surface area contributed by atoms with Crippen molar-refractivity contribution in [2.45, 2.75) is 39.3 Å². The highest BCUT2D eigenvalue weighted by Crippen LogP contribution is 2.24. The molecule has 1 saturated heterocycles. The minimum Gasteiger partial charge on any atom is -0.346 e. The Balaban J connectivity index is 1.75. The molecule has 4 amide bonds. The topological polar surface area (TPSA) is 134 Å². The minimum absolute atomic E-state index is 0.134. The zero-order valence-corrected chi connectivity index (χ0v) is 19.3. The highest BCUT2D eigenvalue weighted by Gasteiger charge is 2.46. The summed E-state index contributed by atoms with van der Waals surface area (Å²) in [7, 11) is 0. The fraction of sp³-hybridized carbons (Fsp3) is 0.360. The number of carbonyl (C=O) groups is 5. The van der Waals surface area contributed by atoms with Gasteiger partial charge in [-0.05, 0) is 23.6 Å². The van der Waals surface area contributed by atoms with Gasteiger partial charge in [-0.2, -0.15) is 0 Å². The second-order valence-corrected chi connectivity index (χ2v) is 8.67. The molecule has 1 aromatic carbocycles. The third-order valence-corrected chi connectivity index (χ3v) is 5.83. The van der Waals surface area contributed by atoms with Gasteiger partial charge in [-0.1, -0.05) is 57.2 Å². The van der Waals surface area contributed by atoms with Crippen LogP contribution in [0.15, 0.2) is 54.7 Å². The van der Waals surface area contributed by atoms with Gasteiger partial charge < -0.3 is 10.6 Å². The summed E-state index contributed by atoms with van der Waals surface area (Å²) in [5.74, 6) is -4.82. The van der Waals surface area contributed by atoms with E-state index in [1.807, 2.05) is 6.07 Å². The number of ketones is 1. The van der Waals surface area contributed by atoms with E-state index in [9.17, 15) is 24.0 Å². The van der Waals surface area contributed by atoms with Gasteiger partial charge in [0.15, 0.2) is 5.78 Å². The lowest BCUT2D eigenvalue weighted by Crippen LogP contribution is -2.49. The Morgan fingerprint density at radius 3 is 2.21 bits per heavy atom. The van der Waals surface area contributed by atoms with Crippen molar-refractivity contribution in [2.24, 2.45) is 17.8 Å². The number of carbonyl (C=O) groups excluding carboxylic acids is 5. The number of benzene rings is 1. The van der Waals surface area contributed by atoms with Crippen LogP contribution in [0, 0.1) is 17.8 Å².